The number of H-pyrrole nitrogens is 1. The second-order valence-corrected chi connectivity index (χ2v) is 7.54. The minimum Gasteiger partial charge on any atom is -0.449 e. The standard InChI is InChI=1S/C23H18F2N4O4/c24-14-3-1-13(2-4-14)21-22(29(12-27-21)17-11-32-10-16(17)25)18-5-6-19(33-18)23(31)28-15-7-8-26-20(30)9-15/h1-9,12,16-17H,10-11H2,(H2,26,28,30,31)/t16-,17?/m1/s1. The molecule has 4 heterocycles. The van der Waals surface area contributed by atoms with E-state index in [1.165, 1.54) is 42.9 Å². The molecule has 2 N–H and O–H groups in total. The van der Waals surface area contributed by atoms with Crippen LogP contribution < -0.4 is 10.9 Å². The maximum Gasteiger partial charge on any atom is 0.291 e. The zero-order valence-corrected chi connectivity index (χ0v) is 17.1. The fourth-order valence-corrected chi connectivity index (χ4v) is 3.75. The van der Waals surface area contributed by atoms with Crippen molar-refractivity contribution < 1.29 is 22.7 Å². The van der Waals surface area contributed by atoms with Gasteiger partial charge in [0.05, 0.1) is 31.3 Å². The second-order valence-electron chi connectivity index (χ2n) is 7.54. The molecule has 5 rings (SSSR count). The van der Waals surface area contributed by atoms with Gasteiger partial charge in [-0.2, -0.15) is 0 Å². The summed E-state index contributed by atoms with van der Waals surface area (Å²) in [4.78, 5) is 31.0. The maximum atomic E-state index is 14.5. The maximum absolute atomic E-state index is 14.5. The summed E-state index contributed by atoms with van der Waals surface area (Å²) in [6.45, 7) is 0.125. The highest BCUT2D eigenvalue weighted by molar-refractivity contribution is 6.02. The molecule has 3 aromatic heterocycles. The Morgan fingerprint density at radius 2 is 1.97 bits per heavy atom. The van der Waals surface area contributed by atoms with Crippen LogP contribution in [0, 0.1) is 5.82 Å². The largest absolute Gasteiger partial charge is 0.449 e. The number of rotatable bonds is 5. The van der Waals surface area contributed by atoms with E-state index in [9.17, 15) is 18.4 Å². The van der Waals surface area contributed by atoms with Crippen LogP contribution >= 0.6 is 0 Å². The van der Waals surface area contributed by atoms with Gasteiger partial charge in [0.25, 0.3) is 5.91 Å². The molecule has 8 nitrogen and oxygen atoms in total. The van der Waals surface area contributed by atoms with Crippen LogP contribution in [-0.4, -0.2) is 39.8 Å². The van der Waals surface area contributed by atoms with Crippen molar-refractivity contribution in [3.8, 4) is 22.7 Å². The number of anilines is 1. The fraction of sp³-hybridized carbons (Fsp3) is 0.174. The molecular formula is C23H18F2N4O4. The quantitative estimate of drug-likeness (QED) is 0.480. The van der Waals surface area contributed by atoms with Crippen molar-refractivity contribution in [3.63, 3.8) is 0 Å². The van der Waals surface area contributed by atoms with E-state index in [0.717, 1.165) is 0 Å². The highest BCUT2D eigenvalue weighted by Gasteiger charge is 2.33. The zero-order chi connectivity index (χ0) is 22.9. The molecule has 0 saturated carbocycles. The lowest BCUT2D eigenvalue weighted by Crippen LogP contribution is -2.18. The SMILES string of the molecule is O=C(Nc1cc[nH]c(=O)c1)c1ccc(-c2c(-c3ccc(F)cc3)ncn2C2COC[C@H]2F)o1. The minimum atomic E-state index is -1.24. The summed E-state index contributed by atoms with van der Waals surface area (Å²) in [5.41, 5.74) is 1.44. The van der Waals surface area contributed by atoms with Crippen molar-refractivity contribution in [2.24, 2.45) is 0 Å². The number of pyridine rings is 1. The van der Waals surface area contributed by atoms with Crippen LogP contribution in [0.3, 0.4) is 0 Å². The van der Waals surface area contributed by atoms with Gasteiger partial charge in [0.1, 0.15) is 17.7 Å². The molecule has 0 spiro atoms. The predicted molar refractivity (Wildman–Crippen MR) is 115 cm³/mol. The number of imidazole rings is 1. The van der Waals surface area contributed by atoms with E-state index in [1.54, 1.807) is 22.8 Å². The first-order chi connectivity index (χ1) is 16.0. The van der Waals surface area contributed by atoms with E-state index in [0.29, 0.717) is 22.6 Å². The molecule has 1 amide bonds. The van der Waals surface area contributed by atoms with E-state index in [-0.39, 0.29) is 30.3 Å². The molecule has 0 radical (unpaired) electrons. The fourth-order valence-electron chi connectivity index (χ4n) is 3.75. The van der Waals surface area contributed by atoms with Gasteiger partial charge >= 0.3 is 0 Å². The van der Waals surface area contributed by atoms with Gasteiger partial charge in [-0.15, -0.1) is 0 Å². The number of amides is 1. The Bertz CT molecular complexity index is 1360. The average Bonchev–Trinajstić information content (AvgIpc) is 3.53. The number of alkyl halides is 1. The van der Waals surface area contributed by atoms with E-state index < -0.39 is 23.9 Å². The number of hydrogen-bond acceptors (Lipinski definition) is 5. The molecule has 168 valence electrons. The molecule has 33 heavy (non-hydrogen) atoms. The van der Waals surface area contributed by atoms with Gasteiger partial charge in [-0.1, -0.05) is 0 Å². The molecule has 1 aliphatic heterocycles. The molecule has 4 aromatic rings. The van der Waals surface area contributed by atoms with Crippen molar-refractivity contribution in [2.45, 2.75) is 12.2 Å². The van der Waals surface area contributed by atoms with E-state index >= 15 is 0 Å². The number of furan rings is 1. The number of carbonyl (C=O) groups is 1. The van der Waals surface area contributed by atoms with Gasteiger partial charge in [-0.05, 0) is 42.5 Å². The van der Waals surface area contributed by atoms with Gasteiger partial charge in [-0.25, -0.2) is 13.8 Å². The van der Waals surface area contributed by atoms with Gasteiger partial charge < -0.3 is 24.0 Å². The summed E-state index contributed by atoms with van der Waals surface area (Å²) >= 11 is 0. The Balaban J connectivity index is 1.53. The van der Waals surface area contributed by atoms with Crippen LogP contribution in [0.25, 0.3) is 22.7 Å². The third-order valence-corrected chi connectivity index (χ3v) is 5.35. The lowest BCUT2D eigenvalue weighted by molar-refractivity contribution is 0.0997. The van der Waals surface area contributed by atoms with E-state index in [1.807, 2.05) is 0 Å². The van der Waals surface area contributed by atoms with Crippen LogP contribution in [0.4, 0.5) is 14.5 Å². The molecule has 1 aliphatic rings. The second kappa shape index (κ2) is 8.47. The number of nitrogens with zero attached hydrogens (tertiary/aromatic N) is 2. The molecule has 1 fully saturated rings. The van der Waals surface area contributed by atoms with Crippen molar-refractivity contribution in [1.29, 1.82) is 0 Å². The molecule has 1 unspecified atom stereocenters. The molecule has 2 atom stereocenters. The molecule has 10 heteroatoms. The van der Waals surface area contributed by atoms with Crippen LogP contribution in [0.2, 0.25) is 0 Å². The van der Waals surface area contributed by atoms with Gasteiger partial charge in [0.15, 0.2) is 11.5 Å². The summed E-state index contributed by atoms with van der Waals surface area (Å²) in [6, 6.07) is 10.9. The van der Waals surface area contributed by atoms with Crippen LogP contribution in [0.1, 0.15) is 16.6 Å². The highest BCUT2D eigenvalue weighted by Crippen LogP contribution is 2.37. The summed E-state index contributed by atoms with van der Waals surface area (Å²) in [5.74, 6) is -0.692. The number of nitrogens with one attached hydrogen (secondary N) is 2. The number of carbonyl (C=O) groups excluding carboxylic acids is 1. The summed E-state index contributed by atoms with van der Waals surface area (Å²) in [6.07, 6.45) is 1.65. The van der Waals surface area contributed by atoms with Crippen LogP contribution in [0.5, 0.6) is 0 Å². The van der Waals surface area contributed by atoms with E-state index in [4.69, 9.17) is 9.15 Å². The van der Waals surface area contributed by atoms with Crippen molar-refractivity contribution in [2.75, 3.05) is 18.5 Å². The number of hydrogen-bond donors (Lipinski definition) is 2. The highest BCUT2D eigenvalue weighted by atomic mass is 19.1. The Labute approximate surface area is 185 Å². The molecule has 0 aliphatic carbocycles. The Kier molecular flexibility index (Phi) is 5.35. The number of aromatic nitrogens is 3. The summed E-state index contributed by atoms with van der Waals surface area (Å²) in [7, 11) is 0. The van der Waals surface area contributed by atoms with Crippen molar-refractivity contribution in [1.82, 2.24) is 14.5 Å². The molecule has 0 bridgehead atoms. The monoisotopic (exact) mass is 452 g/mol. The number of benzene rings is 1. The van der Waals surface area contributed by atoms with Gasteiger partial charge in [0, 0.05) is 23.5 Å². The van der Waals surface area contributed by atoms with Gasteiger partial charge in [0.2, 0.25) is 5.56 Å². The van der Waals surface area contributed by atoms with Crippen LogP contribution in [0.15, 0.2) is 70.3 Å². The molecule has 1 aromatic carbocycles. The molecule has 1 saturated heterocycles. The third-order valence-electron chi connectivity index (χ3n) is 5.35. The number of halogens is 2. The molecular weight excluding hydrogens is 434 g/mol. The summed E-state index contributed by atoms with van der Waals surface area (Å²) in [5, 5.41) is 2.59. The predicted octanol–water partition coefficient (Wildman–Crippen LogP) is 3.80. The minimum absolute atomic E-state index is 0.0115. The average molecular weight is 452 g/mol. The smallest absolute Gasteiger partial charge is 0.291 e. The van der Waals surface area contributed by atoms with E-state index in [2.05, 4.69) is 15.3 Å². The van der Waals surface area contributed by atoms with Crippen molar-refractivity contribution in [3.05, 3.63) is 83.0 Å². The first kappa shape index (κ1) is 20.8. The first-order valence-electron chi connectivity index (χ1n) is 10.1. The lowest BCUT2D eigenvalue weighted by atomic mass is 10.1. The van der Waals surface area contributed by atoms with Crippen molar-refractivity contribution >= 4 is 11.6 Å². The third kappa shape index (κ3) is 4.08. The number of ether oxygens (including phenoxy) is 1. The lowest BCUT2D eigenvalue weighted by Gasteiger charge is -2.16. The zero-order valence-electron chi connectivity index (χ0n) is 17.1. The van der Waals surface area contributed by atoms with Crippen LogP contribution in [-0.2, 0) is 4.74 Å². The first-order valence-corrected chi connectivity index (χ1v) is 10.1. The Morgan fingerprint density at radius 3 is 2.70 bits per heavy atom. The number of aromatic amines is 1. The summed E-state index contributed by atoms with van der Waals surface area (Å²) < 4.78 is 40.6. The van der Waals surface area contributed by atoms with Gasteiger partial charge in [-0.3, -0.25) is 9.59 Å². The Hall–Kier alpha value is -4.05. The normalized spacial score (nSPS) is 17.9. The Morgan fingerprint density at radius 1 is 1.15 bits per heavy atom. The topological polar surface area (TPSA) is 102 Å².